The summed E-state index contributed by atoms with van der Waals surface area (Å²) in [6, 6.07) is 4.74. The molecule has 0 spiro atoms. The predicted molar refractivity (Wildman–Crippen MR) is 94.7 cm³/mol. The van der Waals surface area contributed by atoms with Gasteiger partial charge < -0.3 is 10.1 Å². The topological polar surface area (TPSA) is 48.9 Å². The van der Waals surface area contributed by atoms with Gasteiger partial charge in [-0.3, -0.25) is 10.3 Å². The largest absolute Gasteiger partial charge is 0.416 e. The van der Waals surface area contributed by atoms with Gasteiger partial charge in [-0.15, -0.1) is 0 Å². The number of nitrogens with zero attached hydrogens (tertiary/aromatic N) is 2. The fraction of sp³-hybridized carbons (Fsp3) is 0.500. The first-order chi connectivity index (χ1) is 11.9. The molecule has 0 saturated carbocycles. The molecule has 0 bridgehead atoms. The molecule has 1 saturated heterocycles. The molecule has 2 rings (SSSR count). The summed E-state index contributed by atoms with van der Waals surface area (Å²) in [6.07, 6.45) is -1.97. The Kier molecular flexibility index (Phi) is 7.60. The minimum Gasteiger partial charge on any atom is -0.379 e. The molecule has 0 unspecified atom stereocenters. The molecule has 1 aromatic rings. The van der Waals surface area contributed by atoms with E-state index in [0.717, 1.165) is 57.9 Å². The molecule has 1 aromatic carbocycles. The zero-order valence-corrected chi connectivity index (χ0v) is 14.5. The second kappa shape index (κ2) is 9.69. The summed E-state index contributed by atoms with van der Waals surface area (Å²) in [7, 11) is 0. The summed E-state index contributed by atoms with van der Waals surface area (Å²) in [6.45, 7) is 5.19. The highest BCUT2D eigenvalue weighted by Gasteiger charge is 2.29. The van der Waals surface area contributed by atoms with E-state index in [9.17, 15) is 13.2 Å². The van der Waals surface area contributed by atoms with Crippen LogP contribution in [0, 0.1) is 0 Å². The molecule has 1 aliphatic heterocycles. The van der Waals surface area contributed by atoms with Gasteiger partial charge in [0.1, 0.15) is 0 Å². The second-order valence-electron chi connectivity index (χ2n) is 5.55. The normalized spacial score (nSPS) is 16.1. The van der Waals surface area contributed by atoms with Gasteiger partial charge in [-0.25, -0.2) is 0 Å². The van der Waals surface area contributed by atoms with Crippen LogP contribution in [-0.2, 0) is 10.9 Å². The van der Waals surface area contributed by atoms with Crippen LogP contribution in [0.25, 0.3) is 0 Å². The molecule has 1 heterocycles. The maximum atomic E-state index is 12.5. The lowest BCUT2D eigenvalue weighted by molar-refractivity contribution is -0.137. The number of ether oxygens (including phenoxy) is 1. The molecule has 0 aliphatic carbocycles. The number of alkyl halides is 3. The maximum Gasteiger partial charge on any atom is 0.416 e. The fourth-order valence-electron chi connectivity index (χ4n) is 2.29. The maximum absolute atomic E-state index is 12.5. The third kappa shape index (κ3) is 7.37. The van der Waals surface area contributed by atoms with Gasteiger partial charge in [-0.05, 0) is 42.9 Å². The Morgan fingerprint density at radius 2 is 1.92 bits per heavy atom. The summed E-state index contributed by atoms with van der Waals surface area (Å²) in [5.41, 5.74) is 2.51. The Balaban J connectivity index is 1.63. The molecule has 138 valence electrons. The van der Waals surface area contributed by atoms with Crippen molar-refractivity contribution in [3.8, 4) is 0 Å². The van der Waals surface area contributed by atoms with Crippen LogP contribution in [0.4, 0.5) is 13.2 Å². The highest BCUT2D eigenvalue weighted by molar-refractivity contribution is 7.80. The molecular weight excluding hydrogens is 353 g/mol. The number of hydrogen-bond acceptors (Lipinski definition) is 4. The summed E-state index contributed by atoms with van der Waals surface area (Å²) in [5.74, 6) is 0. The average molecular weight is 374 g/mol. The van der Waals surface area contributed by atoms with Crippen molar-refractivity contribution in [1.29, 1.82) is 0 Å². The smallest absolute Gasteiger partial charge is 0.379 e. The number of rotatable bonds is 6. The van der Waals surface area contributed by atoms with Crippen LogP contribution in [0.2, 0.25) is 0 Å². The van der Waals surface area contributed by atoms with Crippen molar-refractivity contribution < 1.29 is 17.9 Å². The Hall–Kier alpha value is -1.71. The number of thiocarbonyl (C=S) groups is 1. The van der Waals surface area contributed by atoms with E-state index >= 15 is 0 Å². The van der Waals surface area contributed by atoms with Crippen LogP contribution in [0.5, 0.6) is 0 Å². The van der Waals surface area contributed by atoms with Gasteiger partial charge in [0.2, 0.25) is 0 Å². The van der Waals surface area contributed by atoms with Gasteiger partial charge in [0.05, 0.1) is 25.0 Å². The van der Waals surface area contributed by atoms with E-state index in [2.05, 4.69) is 20.7 Å². The van der Waals surface area contributed by atoms with Crippen molar-refractivity contribution in [2.45, 2.75) is 12.6 Å². The lowest BCUT2D eigenvalue weighted by Crippen LogP contribution is -2.39. The minimum atomic E-state index is -4.33. The highest BCUT2D eigenvalue weighted by Crippen LogP contribution is 2.28. The molecule has 1 fully saturated rings. The molecule has 9 heteroatoms. The zero-order valence-electron chi connectivity index (χ0n) is 13.7. The number of hydrogen-bond donors (Lipinski definition) is 2. The van der Waals surface area contributed by atoms with E-state index in [0.29, 0.717) is 10.7 Å². The highest BCUT2D eigenvalue weighted by atomic mass is 32.1. The molecule has 2 N–H and O–H groups in total. The fourth-order valence-corrected chi connectivity index (χ4v) is 2.45. The van der Waals surface area contributed by atoms with Crippen LogP contribution < -0.4 is 10.7 Å². The molecule has 0 amide bonds. The van der Waals surface area contributed by atoms with Crippen molar-refractivity contribution >= 4 is 23.5 Å². The third-order valence-electron chi connectivity index (χ3n) is 3.66. The number of morpholine rings is 1. The van der Waals surface area contributed by atoms with E-state index in [1.807, 2.05) is 0 Å². The Labute approximate surface area is 150 Å². The lowest BCUT2D eigenvalue weighted by atomic mass is 10.1. The molecular formula is C16H21F3N4OS. The van der Waals surface area contributed by atoms with Gasteiger partial charge in [0, 0.05) is 19.6 Å². The Morgan fingerprint density at radius 1 is 1.24 bits per heavy atom. The van der Waals surface area contributed by atoms with E-state index in [4.69, 9.17) is 17.0 Å². The standard InChI is InChI=1S/C16H21F3N4OS/c17-16(18,19)14-4-2-13(3-5-14)12-21-22-15(25)20-6-1-7-23-8-10-24-11-9-23/h2-5,12H,1,6-11H2,(H2,20,22,25)/b21-12-. The van der Waals surface area contributed by atoms with Gasteiger partial charge in [0.25, 0.3) is 0 Å². The quantitative estimate of drug-likeness (QED) is 0.346. The van der Waals surface area contributed by atoms with Gasteiger partial charge >= 0.3 is 6.18 Å². The zero-order chi connectivity index (χ0) is 18.1. The van der Waals surface area contributed by atoms with Crippen LogP contribution in [-0.4, -0.2) is 55.6 Å². The number of halogens is 3. The molecule has 0 atom stereocenters. The van der Waals surface area contributed by atoms with Crippen LogP contribution in [0.15, 0.2) is 29.4 Å². The van der Waals surface area contributed by atoms with Crippen molar-refractivity contribution in [3.63, 3.8) is 0 Å². The second-order valence-corrected chi connectivity index (χ2v) is 5.96. The molecule has 25 heavy (non-hydrogen) atoms. The van der Waals surface area contributed by atoms with Crippen LogP contribution in [0.1, 0.15) is 17.5 Å². The van der Waals surface area contributed by atoms with Crippen molar-refractivity contribution in [1.82, 2.24) is 15.6 Å². The SMILES string of the molecule is FC(F)(F)c1ccc(/C=N\NC(=S)NCCCN2CCOCC2)cc1. The Morgan fingerprint density at radius 3 is 2.56 bits per heavy atom. The van der Waals surface area contributed by atoms with Crippen molar-refractivity contribution in [3.05, 3.63) is 35.4 Å². The summed E-state index contributed by atoms with van der Waals surface area (Å²) in [5, 5.41) is 7.33. The summed E-state index contributed by atoms with van der Waals surface area (Å²) < 4.78 is 42.7. The first kappa shape index (κ1) is 19.6. The van der Waals surface area contributed by atoms with Gasteiger partial charge in [-0.1, -0.05) is 12.1 Å². The number of nitrogens with one attached hydrogen (secondary N) is 2. The third-order valence-corrected chi connectivity index (χ3v) is 3.89. The number of benzene rings is 1. The summed E-state index contributed by atoms with van der Waals surface area (Å²) >= 11 is 5.09. The average Bonchev–Trinajstić information content (AvgIpc) is 2.59. The predicted octanol–water partition coefficient (Wildman–Crippen LogP) is 2.23. The lowest BCUT2D eigenvalue weighted by Gasteiger charge is -2.26. The molecule has 1 aliphatic rings. The summed E-state index contributed by atoms with van der Waals surface area (Å²) in [4.78, 5) is 2.34. The molecule has 5 nitrogen and oxygen atoms in total. The Bertz CT molecular complexity index is 572. The molecule has 0 aromatic heterocycles. The molecule has 0 radical (unpaired) electrons. The van der Waals surface area contributed by atoms with E-state index < -0.39 is 11.7 Å². The van der Waals surface area contributed by atoms with E-state index in [1.165, 1.54) is 18.3 Å². The van der Waals surface area contributed by atoms with Crippen LogP contribution in [0.3, 0.4) is 0 Å². The van der Waals surface area contributed by atoms with E-state index in [1.54, 1.807) is 0 Å². The first-order valence-electron chi connectivity index (χ1n) is 7.99. The van der Waals surface area contributed by atoms with Crippen molar-refractivity contribution in [2.75, 3.05) is 39.4 Å². The minimum absolute atomic E-state index is 0.380. The monoisotopic (exact) mass is 374 g/mol. The first-order valence-corrected chi connectivity index (χ1v) is 8.40. The van der Waals surface area contributed by atoms with Crippen molar-refractivity contribution in [2.24, 2.45) is 5.10 Å². The number of hydrazone groups is 1. The van der Waals surface area contributed by atoms with E-state index in [-0.39, 0.29) is 0 Å². The van der Waals surface area contributed by atoms with Gasteiger partial charge in [-0.2, -0.15) is 18.3 Å². The van der Waals surface area contributed by atoms with Gasteiger partial charge in [0.15, 0.2) is 5.11 Å². The van der Waals surface area contributed by atoms with Crippen LogP contribution >= 0.6 is 12.2 Å².